The van der Waals surface area contributed by atoms with Gasteiger partial charge in [-0.1, -0.05) is 12.1 Å². The Bertz CT molecular complexity index is 1010. The molecule has 13 heteroatoms. The minimum Gasteiger partial charge on any atom is -0.361 e. The quantitative estimate of drug-likeness (QED) is 0.414. The number of carbonyl (C=O) groups is 1. The third-order valence-electron chi connectivity index (χ3n) is 4.41. The number of aryl methyl sites for hydroxylation is 1. The number of aromatic nitrogens is 2. The van der Waals surface area contributed by atoms with E-state index in [1.165, 1.54) is 35.0 Å². The number of nitro groups is 1. The summed E-state index contributed by atoms with van der Waals surface area (Å²) in [4.78, 5) is 22.7. The van der Waals surface area contributed by atoms with Gasteiger partial charge in [0.25, 0.3) is 18.8 Å². The van der Waals surface area contributed by atoms with Gasteiger partial charge in [-0.3, -0.25) is 10.2 Å². The number of nitrogens with zero attached hydrogens (tertiary/aromatic N) is 4. The molecule has 0 aliphatic carbocycles. The molecule has 2 aromatic rings. The van der Waals surface area contributed by atoms with Gasteiger partial charge in [-0.05, 0) is 29.5 Å². The van der Waals surface area contributed by atoms with Gasteiger partial charge in [-0.2, -0.15) is 4.68 Å². The lowest BCUT2D eigenvalue weighted by Gasteiger charge is -2.31. The van der Waals surface area contributed by atoms with Crippen molar-refractivity contribution in [2.24, 2.45) is 0 Å². The standard InChI is InChI=1S/C17H15F4N5O4/c1-9-6-13(26(29)30)23-24(9)8-10-2-4-11(5-3-10)15(27)25-17(28,16(20)21)7-12(22-25)14(18)19/h2-7,14,16,22,28H,8H2,1H3. The first-order chi connectivity index (χ1) is 14.0. The third-order valence-corrected chi connectivity index (χ3v) is 4.41. The number of allylic oxidation sites excluding steroid dienone is 1. The van der Waals surface area contributed by atoms with Crippen LogP contribution in [0.3, 0.4) is 0 Å². The van der Waals surface area contributed by atoms with Crippen LogP contribution >= 0.6 is 0 Å². The van der Waals surface area contributed by atoms with E-state index in [1.54, 1.807) is 6.92 Å². The number of amides is 1. The Labute approximate surface area is 166 Å². The van der Waals surface area contributed by atoms with Gasteiger partial charge < -0.3 is 15.2 Å². The summed E-state index contributed by atoms with van der Waals surface area (Å²) >= 11 is 0. The maximum Gasteiger partial charge on any atom is 0.390 e. The highest BCUT2D eigenvalue weighted by atomic mass is 19.3. The molecule has 3 rings (SSSR count). The van der Waals surface area contributed by atoms with E-state index in [1.807, 2.05) is 5.43 Å². The van der Waals surface area contributed by atoms with E-state index in [9.17, 15) is 37.6 Å². The van der Waals surface area contributed by atoms with Crippen LogP contribution < -0.4 is 5.43 Å². The number of hydrogen-bond donors (Lipinski definition) is 2. The molecule has 1 amide bonds. The summed E-state index contributed by atoms with van der Waals surface area (Å²) in [6.07, 6.45) is -6.53. The van der Waals surface area contributed by atoms with Crippen molar-refractivity contribution < 1.29 is 32.4 Å². The predicted molar refractivity (Wildman–Crippen MR) is 93.5 cm³/mol. The van der Waals surface area contributed by atoms with E-state index in [-0.39, 0.29) is 29.0 Å². The molecule has 1 atom stereocenters. The van der Waals surface area contributed by atoms with Crippen molar-refractivity contribution in [3.05, 3.63) is 69.0 Å². The molecule has 2 N–H and O–H groups in total. The smallest absolute Gasteiger partial charge is 0.361 e. The van der Waals surface area contributed by atoms with Crippen molar-refractivity contribution >= 4 is 11.7 Å². The van der Waals surface area contributed by atoms with Crippen LogP contribution in [0.25, 0.3) is 0 Å². The summed E-state index contributed by atoms with van der Waals surface area (Å²) in [5.74, 6) is -1.48. The number of nitrogens with one attached hydrogen (secondary N) is 1. The van der Waals surface area contributed by atoms with Crippen LogP contribution in [0.2, 0.25) is 0 Å². The molecule has 1 aliphatic rings. The second-order valence-electron chi connectivity index (χ2n) is 6.49. The fourth-order valence-corrected chi connectivity index (χ4v) is 2.83. The van der Waals surface area contributed by atoms with E-state index >= 15 is 0 Å². The Kier molecular flexibility index (Phi) is 5.48. The molecule has 0 spiro atoms. The highest BCUT2D eigenvalue weighted by Gasteiger charge is 2.51. The lowest BCUT2D eigenvalue weighted by molar-refractivity contribution is -0.389. The largest absolute Gasteiger partial charge is 0.390 e. The Morgan fingerprint density at radius 1 is 1.30 bits per heavy atom. The second-order valence-corrected chi connectivity index (χ2v) is 6.49. The second kappa shape index (κ2) is 7.74. The molecule has 1 aromatic carbocycles. The first-order valence-corrected chi connectivity index (χ1v) is 8.43. The minimum atomic E-state index is -3.54. The van der Waals surface area contributed by atoms with E-state index in [4.69, 9.17) is 0 Å². The summed E-state index contributed by atoms with van der Waals surface area (Å²) in [6, 6.07) is 6.67. The molecule has 1 aliphatic heterocycles. The van der Waals surface area contributed by atoms with Crippen LogP contribution in [0.4, 0.5) is 23.4 Å². The summed E-state index contributed by atoms with van der Waals surface area (Å²) < 4.78 is 53.6. The van der Waals surface area contributed by atoms with Gasteiger partial charge in [0.15, 0.2) is 0 Å². The molecule has 30 heavy (non-hydrogen) atoms. The first kappa shape index (κ1) is 21.2. The van der Waals surface area contributed by atoms with E-state index < -0.39 is 35.1 Å². The Morgan fingerprint density at radius 3 is 2.43 bits per heavy atom. The van der Waals surface area contributed by atoms with Crippen LogP contribution in [0.5, 0.6) is 0 Å². The molecule has 0 saturated heterocycles. The van der Waals surface area contributed by atoms with Crippen LogP contribution in [0, 0.1) is 17.0 Å². The van der Waals surface area contributed by atoms with E-state index in [0.29, 0.717) is 11.3 Å². The molecule has 0 fully saturated rings. The van der Waals surface area contributed by atoms with Crippen molar-refractivity contribution in [1.29, 1.82) is 0 Å². The van der Waals surface area contributed by atoms with Crippen LogP contribution in [0.15, 0.2) is 42.1 Å². The van der Waals surface area contributed by atoms with E-state index in [2.05, 4.69) is 5.10 Å². The molecule has 1 unspecified atom stereocenters. The topological polar surface area (TPSA) is 114 Å². The highest BCUT2D eigenvalue weighted by Crippen LogP contribution is 2.31. The van der Waals surface area contributed by atoms with Gasteiger partial charge in [0.05, 0.1) is 29.1 Å². The summed E-state index contributed by atoms with van der Waals surface area (Å²) in [6.45, 7) is 1.75. The van der Waals surface area contributed by atoms with Crippen LogP contribution in [-0.2, 0) is 6.54 Å². The number of alkyl halides is 4. The fourth-order valence-electron chi connectivity index (χ4n) is 2.83. The Morgan fingerprint density at radius 2 is 1.93 bits per heavy atom. The van der Waals surface area contributed by atoms with Gasteiger partial charge in [0, 0.05) is 11.6 Å². The average molecular weight is 429 g/mol. The summed E-state index contributed by atoms with van der Waals surface area (Å²) in [7, 11) is 0. The number of hydrogen-bond acceptors (Lipinski definition) is 6. The molecule has 9 nitrogen and oxygen atoms in total. The highest BCUT2D eigenvalue weighted by molar-refractivity contribution is 5.95. The first-order valence-electron chi connectivity index (χ1n) is 8.43. The fraction of sp³-hybridized carbons (Fsp3) is 0.294. The number of carbonyl (C=O) groups excluding carboxylic acids is 1. The molecule has 0 radical (unpaired) electrons. The van der Waals surface area contributed by atoms with Crippen molar-refractivity contribution in [3.8, 4) is 0 Å². The van der Waals surface area contributed by atoms with Crippen molar-refractivity contribution in [3.63, 3.8) is 0 Å². The summed E-state index contributed by atoms with van der Waals surface area (Å²) in [5, 5.41) is 24.7. The lowest BCUT2D eigenvalue weighted by Crippen LogP contribution is -2.56. The Hall–Kier alpha value is -3.48. The van der Waals surface area contributed by atoms with Gasteiger partial charge in [-0.25, -0.2) is 22.6 Å². The van der Waals surface area contributed by atoms with Crippen molar-refractivity contribution in [1.82, 2.24) is 20.2 Å². The molecule has 0 saturated carbocycles. The normalized spacial score (nSPS) is 18.7. The zero-order valence-electron chi connectivity index (χ0n) is 15.3. The molecule has 160 valence electrons. The predicted octanol–water partition coefficient (Wildman–Crippen LogP) is 2.21. The number of aliphatic hydroxyl groups is 1. The molecular weight excluding hydrogens is 414 g/mol. The van der Waals surface area contributed by atoms with E-state index in [0.717, 1.165) is 0 Å². The van der Waals surface area contributed by atoms with Crippen molar-refractivity contribution in [2.75, 3.05) is 0 Å². The van der Waals surface area contributed by atoms with Gasteiger partial charge >= 0.3 is 5.82 Å². The monoisotopic (exact) mass is 429 g/mol. The average Bonchev–Trinajstić information content (AvgIpc) is 3.23. The zero-order chi connectivity index (χ0) is 22.2. The van der Waals surface area contributed by atoms with Crippen LogP contribution in [0.1, 0.15) is 21.6 Å². The molecule has 0 bridgehead atoms. The number of halogens is 4. The number of rotatable bonds is 6. The Balaban J connectivity index is 1.79. The maximum atomic E-state index is 13.3. The van der Waals surface area contributed by atoms with Gasteiger partial charge in [0.2, 0.25) is 5.72 Å². The molecule has 2 heterocycles. The van der Waals surface area contributed by atoms with Crippen molar-refractivity contribution in [2.45, 2.75) is 32.0 Å². The van der Waals surface area contributed by atoms with Gasteiger partial charge in [0.1, 0.15) is 0 Å². The number of benzene rings is 1. The maximum absolute atomic E-state index is 13.3. The zero-order valence-corrected chi connectivity index (χ0v) is 15.3. The SMILES string of the molecule is Cc1cc([N+](=O)[O-])nn1Cc1ccc(C(=O)N2NC(C(F)F)=CC2(O)C(F)F)cc1. The van der Waals surface area contributed by atoms with Gasteiger partial charge in [-0.15, -0.1) is 0 Å². The molecule has 1 aromatic heterocycles. The number of hydrazine groups is 1. The molecular formula is C17H15F4N5O4. The van der Waals surface area contributed by atoms with Crippen LogP contribution in [-0.4, -0.2) is 49.3 Å². The summed E-state index contributed by atoms with van der Waals surface area (Å²) in [5.41, 5.74) is -1.47. The minimum absolute atomic E-state index is 0.0508. The third kappa shape index (κ3) is 3.83. The lowest BCUT2D eigenvalue weighted by atomic mass is 10.1.